The van der Waals surface area contributed by atoms with E-state index in [0.29, 0.717) is 33.4 Å². The fourth-order valence-electron chi connectivity index (χ4n) is 5.27. The van der Waals surface area contributed by atoms with Gasteiger partial charge in [0.1, 0.15) is 11.5 Å². The van der Waals surface area contributed by atoms with Crippen LogP contribution in [0.4, 0.5) is 0 Å². The Bertz CT molecular complexity index is 1220. The monoisotopic (exact) mass is 715 g/mol. The molecule has 2 aromatic rings. The van der Waals surface area contributed by atoms with Crippen LogP contribution in [0.2, 0.25) is 0 Å². The van der Waals surface area contributed by atoms with E-state index in [9.17, 15) is 38.9 Å². The number of aromatic hydroxyl groups is 2. The SMILES string of the molecule is CCC(c1cc(C(C)(C)C)c(O)c(C(C)(C)C)c1)P(=O)([O-])[O-].CCC(c1cc(C(C)(C)C)c(O)c(C(C)(C)C)c1)P(=O)([O-])[O-].[Cu]. The summed E-state index contributed by atoms with van der Waals surface area (Å²) in [5.41, 5.74) is 0.0924. The summed E-state index contributed by atoms with van der Waals surface area (Å²) in [6.45, 7) is 26.8. The number of hydrogen-bond donors (Lipinski definition) is 2. The van der Waals surface area contributed by atoms with Crippen molar-refractivity contribution in [1.29, 1.82) is 0 Å². The molecular weight excluding hydrogens is 662 g/mol. The van der Waals surface area contributed by atoms with Crippen LogP contribution in [0.5, 0.6) is 11.5 Å². The van der Waals surface area contributed by atoms with E-state index in [4.69, 9.17) is 0 Å². The summed E-state index contributed by atoms with van der Waals surface area (Å²) >= 11 is 0. The van der Waals surface area contributed by atoms with E-state index in [1.807, 2.05) is 83.1 Å². The van der Waals surface area contributed by atoms with Gasteiger partial charge in [0, 0.05) is 28.4 Å². The third-order valence-corrected chi connectivity index (χ3v) is 10.7. The van der Waals surface area contributed by atoms with E-state index in [-0.39, 0.29) is 63.1 Å². The van der Waals surface area contributed by atoms with Crippen molar-refractivity contribution in [2.45, 2.75) is 143 Å². The Morgan fingerprint density at radius 2 is 0.711 bits per heavy atom. The van der Waals surface area contributed by atoms with Crippen molar-refractivity contribution in [2.75, 3.05) is 0 Å². The quantitative estimate of drug-likeness (QED) is 0.246. The standard InChI is InChI=1S/2C17H29O4P.Cu/c2*1-8-14(22(19,20)21)11-9-12(16(2,3)4)15(18)13(10-11)17(5,6)7;/h2*9-10,14,18H,8H2,1-7H3,(H2,19,20,21);/p-4. The molecule has 0 saturated heterocycles. The fourth-order valence-corrected chi connectivity index (χ4v) is 7.19. The Morgan fingerprint density at radius 3 is 0.822 bits per heavy atom. The van der Waals surface area contributed by atoms with Gasteiger partial charge in [0.25, 0.3) is 0 Å². The predicted molar refractivity (Wildman–Crippen MR) is 172 cm³/mol. The van der Waals surface area contributed by atoms with E-state index in [0.717, 1.165) is 0 Å². The van der Waals surface area contributed by atoms with Crippen molar-refractivity contribution in [2.24, 2.45) is 0 Å². The molecule has 0 fully saturated rings. The average molecular weight is 716 g/mol. The van der Waals surface area contributed by atoms with Crippen LogP contribution in [-0.2, 0) is 47.9 Å². The van der Waals surface area contributed by atoms with Crippen molar-refractivity contribution < 1.29 is 56.0 Å². The van der Waals surface area contributed by atoms with E-state index >= 15 is 0 Å². The Hall–Kier alpha value is -1.14. The molecule has 0 bridgehead atoms. The summed E-state index contributed by atoms with van der Waals surface area (Å²) in [7, 11) is -9.48. The minimum Gasteiger partial charge on any atom is -0.810 e. The molecule has 1 radical (unpaired) electrons. The summed E-state index contributed by atoms with van der Waals surface area (Å²) < 4.78 is 23.2. The van der Waals surface area contributed by atoms with Crippen LogP contribution < -0.4 is 19.6 Å². The van der Waals surface area contributed by atoms with Gasteiger partial charge in [-0.3, -0.25) is 0 Å². The van der Waals surface area contributed by atoms with Crippen LogP contribution in [0, 0.1) is 0 Å². The number of benzene rings is 2. The van der Waals surface area contributed by atoms with Crippen LogP contribution in [0.15, 0.2) is 24.3 Å². The summed E-state index contributed by atoms with van der Waals surface area (Å²) in [6, 6.07) is 6.67. The van der Waals surface area contributed by atoms with Gasteiger partial charge in [-0.25, -0.2) is 0 Å². The van der Waals surface area contributed by atoms with Gasteiger partial charge in [0.15, 0.2) is 0 Å². The van der Waals surface area contributed by atoms with Crippen molar-refractivity contribution >= 4 is 15.2 Å². The summed E-state index contributed by atoms with van der Waals surface area (Å²) in [4.78, 5) is 46.3. The molecule has 11 heteroatoms. The maximum absolute atomic E-state index is 11.6. The fraction of sp³-hybridized carbons (Fsp3) is 0.647. The second-order valence-electron chi connectivity index (χ2n) is 15.9. The molecule has 0 amide bonds. The van der Waals surface area contributed by atoms with Gasteiger partial charge < -0.3 is 38.9 Å². The molecule has 263 valence electrons. The number of hydrogen-bond acceptors (Lipinski definition) is 8. The zero-order valence-corrected chi connectivity index (χ0v) is 32.1. The van der Waals surface area contributed by atoms with Gasteiger partial charge in [-0.05, 0) is 67.9 Å². The van der Waals surface area contributed by atoms with Crippen LogP contribution in [0.25, 0.3) is 0 Å². The normalized spacial score (nSPS) is 14.6. The Morgan fingerprint density at radius 1 is 0.533 bits per heavy atom. The molecular formula is C34H54CuO8P2-4. The number of phenolic OH excluding ortho intramolecular Hbond substituents is 2. The van der Waals surface area contributed by atoms with E-state index < -0.39 is 26.5 Å². The maximum Gasteiger partial charge on any atom is 0.123 e. The predicted octanol–water partition coefficient (Wildman–Crippen LogP) is 6.70. The van der Waals surface area contributed by atoms with Gasteiger partial charge in [-0.2, -0.15) is 0 Å². The zero-order chi connectivity index (χ0) is 35.0. The van der Waals surface area contributed by atoms with Gasteiger partial charge in [0.05, 0.1) is 0 Å². The van der Waals surface area contributed by atoms with Crippen LogP contribution in [0.1, 0.15) is 154 Å². The molecule has 2 aromatic carbocycles. The second-order valence-corrected chi connectivity index (χ2v) is 19.3. The first-order valence-electron chi connectivity index (χ1n) is 15.2. The largest absolute Gasteiger partial charge is 0.810 e. The van der Waals surface area contributed by atoms with Gasteiger partial charge in [0.2, 0.25) is 0 Å². The first-order valence-corrected chi connectivity index (χ1v) is 18.4. The third kappa shape index (κ3) is 11.5. The minimum absolute atomic E-state index is 0. The van der Waals surface area contributed by atoms with Crippen LogP contribution >= 0.6 is 15.2 Å². The zero-order valence-electron chi connectivity index (χ0n) is 29.4. The molecule has 0 aliphatic heterocycles. The van der Waals surface area contributed by atoms with Gasteiger partial charge in [-0.1, -0.05) is 136 Å². The van der Waals surface area contributed by atoms with Gasteiger partial charge in [-0.15, -0.1) is 0 Å². The smallest absolute Gasteiger partial charge is 0.123 e. The molecule has 0 aliphatic rings. The Balaban J connectivity index is 0.000000842. The first-order chi connectivity index (χ1) is 19.4. The van der Waals surface area contributed by atoms with E-state index in [2.05, 4.69) is 0 Å². The Labute approximate surface area is 282 Å². The molecule has 2 unspecified atom stereocenters. The molecule has 45 heavy (non-hydrogen) atoms. The molecule has 0 aromatic heterocycles. The van der Waals surface area contributed by atoms with Crippen molar-refractivity contribution in [1.82, 2.24) is 0 Å². The third-order valence-electron chi connectivity index (χ3n) is 7.80. The summed E-state index contributed by atoms with van der Waals surface area (Å²) in [5.74, 6) is 0.371. The molecule has 0 aliphatic carbocycles. The summed E-state index contributed by atoms with van der Waals surface area (Å²) in [5, 5.41) is 21.2. The molecule has 2 atom stereocenters. The van der Waals surface area contributed by atoms with Crippen LogP contribution in [-0.4, -0.2) is 10.2 Å². The number of phenols is 2. The summed E-state index contributed by atoms with van der Waals surface area (Å²) in [6.07, 6.45) is 0.449. The first kappa shape index (κ1) is 43.9. The molecule has 2 N–H and O–H groups in total. The molecule has 8 nitrogen and oxygen atoms in total. The van der Waals surface area contributed by atoms with Crippen LogP contribution in [0.3, 0.4) is 0 Å². The topological polar surface area (TPSA) is 167 Å². The van der Waals surface area contributed by atoms with Crippen molar-refractivity contribution in [3.8, 4) is 11.5 Å². The second kappa shape index (κ2) is 15.0. The molecule has 0 heterocycles. The van der Waals surface area contributed by atoms with Gasteiger partial charge >= 0.3 is 0 Å². The van der Waals surface area contributed by atoms with E-state index in [1.165, 1.54) is 0 Å². The number of rotatable bonds is 6. The molecule has 0 saturated carbocycles. The molecule has 0 spiro atoms. The average Bonchev–Trinajstić information content (AvgIpc) is 2.77. The van der Waals surface area contributed by atoms with Crippen molar-refractivity contribution in [3.63, 3.8) is 0 Å². The maximum atomic E-state index is 11.6. The van der Waals surface area contributed by atoms with E-state index in [1.54, 1.807) is 38.1 Å². The minimum atomic E-state index is -4.74. The molecule has 2 rings (SSSR count). The van der Waals surface area contributed by atoms with Crippen molar-refractivity contribution in [3.05, 3.63) is 57.6 Å². The Kier molecular flexibility index (Phi) is 14.6.